The summed E-state index contributed by atoms with van der Waals surface area (Å²) in [4.78, 5) is 11.6. The van der Waals surface area contributed by atoms with Gasteiger partial charge in [0, 0.05) is 6.42 Å². The molecule has 18 heavy (non-hydrogen) atoms. The van der Waals surface area contributed by atoms with Crippen LogP contribution >= 0.6 is 0 Å². The van der Waals surface area contributed by atoms with Crippen molar-refractivity contribution in [1.29, 1.82) is 0 Å². The maximum Gasteiger partial charge on any atom is 0.311 e. The predicted octanol–water partition coefficient (Wildman–Crippen LogP) is 3.92. The Morgan fingerprint density at radius 1 is 1.11 bits per heavy atom. The second-order valence-corrected chi connectivity index (χ2v) is 4.53. The SMILES string of the molecule is CCCCCCCCC(=O)Oc1ccccc1N. The lowest BCUT2D eigenvalue weighted by Crippen LogP contribution is -2.08. The number of esters is 1. The highest BCUT2D eigenvalue weighted by atomic mass is 16.5. The molecule has 0 saturated carbocycles. The van der Waals surface area contributed by atoms with E-state index >= 15 is 0 Å². The second kappa shape index (κ2) is 8.56. The predicted molar refractivity (Wildman–Crippen MR) is 74.5 cm³/mol. The van der Waals surface area contributed by atoms with Crippen LogP contribution in [0.3, 0.4) is 0 Å². The highest BCUT2D eigenvalue weighted by Gasteiger charge is 2.06. The number of hydrogen-bond acceptors (Lipinski definition) is 3. The lowest BCUT2D eigenvalue weighted by atomic mass is 10.1. The van der Waals surface area contributed by atoms with Crippen molar-refractivity contribution in [2.45, 2.75) is 51.9 Å². The molecule has 0 bridgehead atoms. The number of anilines is 1. The van der Waals surface area contributed by atoms with Crippen LogP contribution in [0, 0.1) is 0 Å². The zero-order valence-corrected chi connectivity index (χ0v) is 11.2. The van der Waals surface area contributed by atoms with Crippen LogP contribution in [0.5, 0.6) is 5.75 Å². The fourth-order valence-corrected chi connectivity index (χ4v) is 1.80. The minimum absolute atomic E-state index is 0.191. The Hall–Kier alpha value is -1.51. The molecular formula is C15H23NO2. The molecule has 0 aromatic heterocycles. The Kier molecular flexibility index (Phi) is 6.92. The maximum absolute atomic E-state index is 11.6. The van der Waals surface area contributed by atoms with Gasteiger partial charge in [0.25, 0.3) is 0 Å². The van der Waals surface area contributed by atoms with Crippen molar-refractivity contribution in [3.63, 3.8) is 0 Å². The molecule has 1 aromatic carbocycles. The third-order valence-electron chi connectivity index (χ3n) is 2.88. The van der Waals surface area contributed by atoms with Crippen LogP contribution in [0.25, 0.3) is 0 Å². The van der Waals surface area contributed by atoms with Crippen molar-refractivity contribution in [2.24, 2.45) is 0 Å². The fourth-order valence-electron chi connectivity index (χ4n) is 1.80. The third kappa shape index (κ3) is 5.71. The smallest absolute Gasteiger partial charge is 0.311 e. The highest BCUT2D eigenvalue weighted by Crippen LogP contribution is 2.20. The standard InChI is InChI=1S/C15H23NO2/c1-2-3-4-5-6-7-12-15(17)18-14-11-9-8-10-13(14)16/h8-11H,2-7,12,16H2,1H3. The molecule has 0 aliphatic heterocycles. The number of unbranched alkanes of at least 4 members (excludes halogenated alkanes) is 5. The van der Waals surface area contributed by atoms with Crippen LogP contribution in [-0.4, -0.2) is 5.97 Å². The number of benzene rings is 1. The van der Waals surface area contributed by atoms with Crippen molar-refractivity contribution >= 4 is 11.7 Å². The molecule has 1 aromatic rings. The summed E-state index contributed by atoms with van der Waals surface area (Å²) in [5.41, 5.74) is 6.21. The average Bonchev–Trinajstić information content (AvgIpc) is 2.36. The van der Waals surface area contributed by atoms with E-state index in [2.05, 4.69) is 6.92 Å². The highest BCUT2D eigenvalue weighted by molar-refractivity contribution is 5.74. The zero-order valence-electron chi connectivity index (χ0n) is 11.2. The third-order valence-corrected chi connectivity index (χ3v) is 2.88. The minimum Gasteiger partial charge on any atom is -0.424 e. The summed E-state index contributed by atoms with van der Waals surface area (Å²) < 4.78 is 5.21. The number of nitrogens with two attached hydrogens (primary N) is 1. The lowest BCUT2D eigenvalue weighted by molar-refractivity contribution is -0.134. The molecule has 1 rings (SSSR count). The van der Waals surface area contributed by atoms with E-state index in [1.54, 1.807) is 12.1 Å². The number of rotatable bonds is 8. The normalized spacial score (nSPS) is 10.3. The van der Waals surface area contributed by atoms with E-state index < -0.39 is 0 Å². The van der Waals surface area contributed by atoms with Crippen molar-refractivity contribution < 1.29 is 9.53 Å². The molecule has 3 nitrogen and oxygen atoms in total. The van der Waals surface area contributed by atoms with Gasteiger partial charge in [0.15, 0.2) is 5.75 Å². The molecular weight excluding hydrogens is 226 g/mol. The molecule has 0 aliphatic carbocycles. The zero-order chi connectivity index (χ0) is 13.2. The molecule has 0 spiro atoms. The Bertz CT molecular complexity index is 363. The fraction of sp³-hybridized carbons (Fsp3) is 0.533. The van der Waals surface area contributed by atoms with Crippen molar-refractivity contribution in [1.82, 2.24) is 0 Å². The van der Waals surface area contributed by atoms with E-state index in [1.165, 1.54) is 25.7 Å². The first-order valence-electron chi connectivity index (χ1n) is 6.79. The van der Waals surface area contributed by atoms with Gasteiger partial charge in [0.1, 0.15) is 0 Å². The Balaban J connectivity index is 2.16. The Morgan fingerprint density at radius 3 is 2.50 bits per heavy atom. The van der Waals surface area contributed by atoms with Gasteiger partial charge in [-0.15, -0.1) is 0 Å². The molecule has 2 N–H and O–H groups in total. The van der Waals surface area contributed by atoms with Crippen LogP contribution in [0.4, 0.5) is 5.69 Å². The number of hydrogen-bond donors (Lipinski definition) is 1. The van der Waals surface area contributed by atoms with Crippen LogP contribution in [0.1, 0.15) is 51.9 Å². The largest absolute Gasteiger partial charge is 0.424 e. The first-order valence-corrected chi connectivity index (χ1v) is 6.79. The number of ether oxygens (including phenoxy) is 1. The monoisotopic (exact) mass is 249 g/mol. The van der Waals surface area contributed by atoms with E-state index in [4.69, 9.17) is 10.5 Å². The van der Waals surface area contributed by atoms with E-state index in [1.807, 2.05) is 12.1 Å². The molecule has 0 fully saturated rings. The van der Waals surface area contributed by atoms with Gasteiger partial charge in [-0.25, -0.2) is 0 Å². The maximum atomic E-state index is 11.6. The number of carbonyl (C=O) groups excluding carboxylic acids is 1. The summed E-state index contributed by atoms with van der Waals surface area (Å²) in [6.07, 6.45) is 7.46. The molecule has 100 valence electrons. The summed E-state index contributed by atoms with van der Waals surface area (Å²) in [6, 6.07) is 7.08. The van der Waals surface area contributed by atoms with Crippen LogP contribution in [-0.2, 0) is 4.79 Å². The van der Waals surface area contributed by atoms with E-state index in [0.717, 1.165) is 12.8 Å². The Labute approximate surface area is 109 Å². The molecule has 0 atom stereocenters. The summed E-state index contributed by atoms with van der Waals surface area (Å²) in [6.45, 7) is 2.20. The van der Waals surface area contributed by atoms with Gasteiger partial charge in [0.2, 0.25) is 0 Å². The van der Waals surface area contributed by atoms with Crippen LogP contribution in [0.2, 0.25) is 0 Å². The summed E-state index contributed by atoms with van der Waals surface area (Å²) in [5.74, 6) is 0.275. The molecule has 0 radical (unpaired) electrons. The summed E-state index contributed by atoms with van der Waals surface area (Å²) in [7, 11) is 0. The summed E-state index contributed by atoms with van der Waals surface area (Å²) in [5, 5.41) is 0. The molecule has 3 heteroatoms. The first kappa shape index (κ1) is 14.6. The average molecular weight is 249 g/mol. The van der Waals surface area contributed by atoms with Gasteiger partial charge in [-0.2, -0.15) is 0 Å². The van der Waals surface area contributed by atoms with E-state index in [9.17, 15) is 4.79 Å². The van der Waals surface area contributed by atoms with Crippen LogP contribution < -0.4 is 10.5 Å². The molecule has 0 heterocycles. The van der Waals surface area contributed by atoms with Crippen molar-refractivity contribution in [3.05, 3.63) is 24.3 Å². The Morgan fingerprint density at radius 2 is 1.78 bits per heavy atom. The molecule has 0 unspecified atom stereocenters. The van der Waals surface area contributed by atoms with Gasteiger partial charge in [-0.3, -0.25) is 4.79 Å². The minimum atomic E-state index is -0.191. The van der Waals surface area contributed by atoms with Crippen molar-refractivity contribution in [2.75, 3.05) is 5.73 Å². The topological polar surface area (TPSA) is 52.3 Å². The van der Waals surface area contributed by atoms with Gasteiger partial charge in [-0.05, 0) is 18.6 Å². The summed E-state index contributed by atoms with van der Waals surface area (Å²) >= 11 is 0. The number of nitrogen functional groups attached to an aromatic ring is 1. The molecule has 0 aliphatic rings. The van der Waals surface area contributed by atoms with Gasteiger partial charge < -0.3 is 10.5 Å². The van der Waals surface area contributed by atoms with E-state index in [-0.39, 0.29) is 5.97 Å². The molecule has 0 amide bonds. The second-order valence-electron chi connectivity index (χ2n) is 4.53. The first-order chi connectivity index (χ1) is 8.74. The quantitative estimate of drug-likeness (QED) is 0.329. The van der Waals surface area contributed by atoms with Gasteiger partial charge in [0.05, 0.1) is 5.69 Å². The number of carbonyl (C=O) groups is 1. The van der Waals surface area contributed by atoms with Crippen LogP contribution in [0.15, 0.2) is 24.3 Å². The lowest BCUT2D eigenvalue weighted by Gasteiger charge is -2.06. The van der Waals surface area contributed by atoms with E-state index in [0.29, 0.717) is 17.9 Å². The van der Waals surface area contributed by atoms with Gasteiger partial charge in [-0.1, -0.05) is 51.2 Å². The van der Waals surface area contributed by atoms with Crippen molar-refractivity contribution in [3.8, 4) is 5.75 Å². The number of para-hydroxylation sites is 2. The van der Waals surface area contributed by atoms with Gasteiger partial charge >= 0.3 is 5.97 Å². The molecule has 0 saturated heterocycles.